The second kappa shape index (κ2) is 9.18. The number of para-hydroxylation sites is 1. The fourth-order valence-corrected chi connectivity index (χ4v) is 3.43. The second-order valence-corrected chi connectivity index (χ2v) is 7.20. The quantitative estimate of drug-likeness (QED) is 0.544. The number of urea groups is 1. The molecule has 3 amide bonds. The molecule has 0 aliphatic rings. The third-order valence-corrected chi connectivity index (χ3v) is 5.32. The lowest BCUT2D eigenvalue weighted by Crippen LogP contribution is -2.48. The SMILES string of the molecule is CCC(CC)(CC(=O)O)NC(=O)c1ccc(NC(=O)Nc2ccccc2)s1. The summed E-state index contributed by atoms with van der Waals surface area (Å²) in [5.41, 5.74) is -0.126. The highest BCUT2D eigenvalue weighted by Gasteiger charge is 2.31. The fraction of sp³-hybridized carbons (Fsp3) is 0.316. The van der Waals surface area contributed by atoms with Crippen molar-refractivity contribution in [3.8, 4) is 0 Å². The van der Waals surface area contributed by atoms with Crippen molar-refractivity contribution in [1.82, 2.24) is 5.32 Å². The van der Waals surface area contributed by atoms with Crippen molar-refractivity contribution in [2.45, 2.75) is 38.6 Å². The summed E-state index contributed by atoms with van der Waals surface area (Å²) in [6, 6.07) is 11.9. The number of hydrogen-bond acceptors (Lipinski definition) is 4. The van der Waals surface area contributed by atoms with Crippen LogP contribution >= 0.6 is 11.3 Å². The number of carbonyl (C=O) groups excluding carboxylic acids is 2. The number of rotatable bonds is 8. The van der Waals surface area contributed by atoms with Crippen molar-refractivity contribution < 1.29 is 19.5 Å². The van der Waals surface area contributed by atoms with Crippen LogP contribution in [-0.2, 0) is 4.79 Å². The third kappa shape index (κ3) is 5.82. The topological polar surface area (TPSA) is 108 Å². The number of carboxylic acid groups (broad SMARTS) is 1. The number of carbonyl (C=O) groups is 3. The summed E-state index contributed by atoms with van der Waals surface area (Å²) >= 11 is 1.13. The molecule has 2 aromatic rings. The van der Waals surface area contributed by atoms with Gasteiger partial charge in [0.2, 0.25) is 0 Å². The Morgan fingerprint density at radius 1 is 1.00 bits per heavy atom. The van der Waals surface area contributed by atoms with Gasteiger partial charge in [-0.05, 0) is 37.1 Å². The predicted octanol–water partition coefficient (Wildman–Crippen LogP) is 4.16. The van der Waals surface area contributed by atoms with Crippen LogP contribution in [0.2, 0.25) is 0 Å². The number of anilines is 2. The molecule has 1 aromatic heterocycles. The molecule has 1 heterocycles. The first-order chi connectivity index (χ1) is 12.9. The van der Waals surface area contributed by atoms with E-state index in [2.05, 4.69) is 16.0 Å². The molecule has 0 aliphatic heterocycles. The summed E-state index contributed by atoms with van der Waals surface area (Å²) in [4.78, 5) is 36.1. The third-order valence-electron chi connectivity index (χ3n) is 4.32. The van der Waals surface area contributed by atoms with Crippen molar-refractivity contribution in [2.75, 3.05) is 10.6 Å². The molecule has 0 saturated heterocycles. The Hall–Kier alpha value is -2.87. The van der Waals surface area contributed by atoms with E-state index < -0.39 is 17.5 Å². The van der Waals surface area contributed by atoms with Gasteiger partial charge in [-0.15, -0.1) is 11.3 Å². The lowest BCUT2D eigenvalue weighted by molar-refractivity contribution is -0.138. The first-order valence-electron chi connectivity index (χ1n) is 8.64. The number of aliphatic carboxylic acids is 1. The molecule has 2 rings (SSSR count). The molecular formula is C19H23N3O4S. The van der Waals surface area contributed by atoms with Gasteiger partial charge in [0.15, 0.2) is 0 Å². The minimum Gasteiger partial charge on any atom is -0.481 e. The Morgan fingerprint density at radius 2 is 1.67 bits per heavy atom. The maximum Gasteiger partial charge on any atom is 0.324 e. The maximum absolute atomic E-state index is 12.5. The zero-order chi connectivity index (χ0) is 19.9. The van der Waals surface area contributed by atoms with Gasteiger partial charge in [0, 0.05) is 5.69 Å². The zero-order valence-electron chi connectivity index (χ0n) is 15.2. The molecule has 0 radical (unpaired) electrons. The van der Waals surface area contributed by atoms with E-state index in [1.807, 2.05) is 32.0 Å². The average molecular weight is 389 g/mol. The molecular weight excluding hydrogens is 366 g/mol. The van der Waals surface area contributed by atoms with Crippen LogP contribution in [-0.4, -0.2) is 28.6 Å². The van der Waals surface area contributed by atoms with E-state index in [-0.39, 0.29) is 12.3 Å². The Balaban J connectivity index is 2.00. The molecule has 0 spiro atoms. The molecule has 0 unspecified atom stereocenters. The van der Waals surface area contributed by atoms with Crippen LogP contribution in [0.5, 0.6) is 0 Å². The summed E-state index contributed by atoms with van der Waals surface area (Å²) < 4.78 is 0. The van der Waals surface area contributed by atoms with Gasteiger partial charge in [-0.1, -0.05) is 32.0 Å². The van der Waals surface area contributed by atoms with Crippen LogP contribution < -0.4 is 16.0 Å². The monoisotopic (exact) mass is 389 g/mol. The van der Waals surface area contributed by atoms with E-state index in [9.17, 15) is 14.4 Å². The number of nitrogens with one attached hydrogen (secondary N) is 3. The molecule has 8 heteroatoms. The lowest BCUT2D eigenvalue weighted by atomic mass is 9.89. The predicted molar refractivity (Wildman–Crippen MR) is 106 cm³/mol. The highest BCUT2D eigenvalue weighted by molar-refractivity contribution is 7.18. The minimum absolute atomic E-state index is 0.137. The van der Waals surface area contributed by atoms with Crippen molar-refractivity contribution in [1.29, 1.82) is 0 Å². The Kier molecular flexibility index (Phi) is 6.95. The highest BCUT2D eigenvalue weighted by atomic mass is 32.1. The molecule has 0 aliphatic carbocycles. The van der Waals surface area contributed by atoms with Gasteiger partial charge < -0.3 is 15.7 Å². The van der Waals surface area contributed by atoms with E-state index >= 15 is 0 Å². The van der Waals surface area contributed by atoms with Crippen LogP contribution in [0.25, 0.3) is 0 Å². The summed E-state index contributed by atoms with van der Waals surface area (Å²) in [6.45, 7) is 3.70. The van der Waals surface area contributed by atoms with E-state index in [1.165, 1.54) is 0 Å². The van der Waals surface area contributed by atoms with Crippen LogP contribution in [0.4, 0.5) is 15.5 Å². The van der Waals surface area contributed by atoms with Crippen molar-refractivity contribution in [3.05, 3.63) is 47.3 Å². The Bertz CT molecular complexity index is 800. The number of carboxylic acids is 1. The minimum atomic E-state index is -0.954. The largest absolute Gasteiger partial charge is 0.481 e. The smallest absolute Gasteiger partial charge is 0.324 e. The number of hydrogen-bond donors (Lipinski definition) is 4. The zero-order valence-corrected chi connectivity index (χ0v) is 16.1. The molecule has 0 bridgehead atoms. The van der Waals surface area contributed by atoms with Gasteiger partial charge >= 0.3 is 12.0 Å². The van der Waals surface area contributed by atoms with Crippen molar-refractivity contribution in [2.24, 2.45) is 0 Å². The summed E-state index contributed by atoms with van der Waals surface area (Å²) in [6.07, 6.45) is 0.886. The second-order valence-electron chi connectivity index (χ2n) is 6.12. The highest BCUT2D eigenvalue weighted by Crippen LogP contribution is 2.25. The van der Waals surface area contributed by atoms with Gasteiger partial charge in [0.1, 0.15) is 0 Å². The van der Waals surface area contributed by atoms with Crippen LogP contribution in [0, 0.1) is 0 Å². The molecule has 1 aromatic carbocycles. The van der Waals surface area contributed by atoms with Crippen molar-refractivity contribution >= 4 is 39.9 Å². The molecule has 4 N–H and O–H groups in total. The standard InChI is InChI=1S/C19H23N3O4S/c1-3-19(4-2,12-16(23)24)22-17(25)14-10-11-15(27-14)21-18(26)20-13-8-6-5-7-9-13/h5-11H,3-4,12H2,1-2H3,(H,22,25)(H,23,24)(H2,20,21,26). The first-order valence-corrected chi connectivity index (χ1v) is 9.46. The van der Waals surface area contributed by atoms with Crippen LogP contribution in [0.15, 0.2) is 42.5 Å². The summed E-state index contributed by atoms with van der Waals surface area (Å²) in [7, 11) is 0. The average Bonchev–Trinajstić information content (AvgIpc) is 3.10. The Morgan fingerprint density at radius 3 is 2.26 bits per heavy atom. The van der Waals surface area contributed by atoms with E-state index in [0.717, 1.165) is 11.3 Å². The molecule has 27 heavy (non-hydrogen) atoms. The molecule has 0 saturated carbocycles. The molecule has 144 valence electrons. The van der Waals surface area contributed by atoms with Crippen LogP contribution in [0.3, 0.4) is 0 Å². The molecule has 0 atom stereocenters. The molecule has 0 fully saturated rings. The van der Waals surface area contributed by atoms with Gasteiger partial charge in [-0.25, -0.2) is 4.79 Å². The summed E-state index contributed by atoms with van der Waals surface area (Å²) in [5, 5.41) is 17.9. The van der Waals surface area contributed by atoms with E-state index in [0.29, 0.717) is 28.4 Å². The van der Waals surface area contributed by atoms with Crippen LogP contribution in [0.1, 0.15) is 42.8 Å². The van der Waals surface area contributed by atoms with Gasteiger partial charge in [0.05, 0.1) is 21.8 Å². The fourth-order valence-electron chi connectivity index (χ4n) is 2.64. The molecule has 7 nitrogen and oxygen atoms in total. The van der Waals surface area contributed by atoms with Gasteiger partial charge in [0.25, 0.3) is 5.91 Å². The van der Waals surface area contributed by atoms with Crippen molar-refractivity contribution in [3.63, 3.8) is 0 Å². The lowest BCUT2D eigenvalue weighted by Gasteiger charge is -2.31. The van der Waals surface area contributed by atoms with Gasteiger partial charge in [-0.2, -0.15) is 0 Å². The first kappa shape index (κ1) is 20.4. The Labute approximate surface area is 161 Å². The normalized spacial score (nSPS) is 10.9. The maximum atomic E-state index is 12.5. The van der Waals surface area contributed by atoms with E-state index in [4.69, 9.17) is 5.11 Å². The van der Waals surface area contributed by atoms with E-state index in [1.54, 1.807) is 24.3 Å². The van der Waals surface area contributed by atoms with Gasteiger partial charge in [-0.3, -0.25) is 14.9 Å². The number of benzene rings is 1. The number of thiophene rings is 1. The number of amides is 3. The summed E-state index contributed by atoms with van der Waals surface area (Å²) in [5.74, 6) is -1.30.